The molecule has 1 aromatic rings. The van der Waals surface area contributed by atoms with E-state index in [1.165, 1.54) is 11.0 Å². The smallest absolute Gasteiger partial charge is 0.454 e. The number of piperidine rings is 1. The molecule has 10 heteroatoms. The van der Waals surface area contributed by atoms with E-state index in [4.69, 9.17) is 4.74 Å². The number of fused-ring (bicyclic) bond motifs is 1. The van der Waals surface area contributed by atoms with Crippen LogP contribution in [0.4, 0.5) is 32.0 Å². The maximum atomic E-state index is 14.0. The number of carbonyl (C=O) groups excluding carboxylic acids is 1. The summed E-state index contributed by atoms with van der Waals surface area (Å²) in [6.45, 7) is -0.380. The first-order chi connectivity index (χ1) is 14.5. The van der Waals surface area contributed by atoms with Gasteiger partial charge < -0.3 is 10.1 Å². The van der Waals surface area contributed by atoms with Gasteiger partial charge in [0.25, 0.3) is 0 Å². The lowest BCUT2D eigenvalue weighted by molar-refractivity contribution is -0.287. The van der Waals surface area contributed by atoms with Crippen molar-refractivity contribution in [2.45, 2.75) is 44.2 Å². The maximum Gasteiger partial charge on any atom is 0.454 e. The van der Waals surface area contributed by atoms with Crippen LogP contribution >= 0.6 is 0 Å². The Balaban J connectivity index is 1.18. The normalized spacial score (nSPS) is 24.8. The molecule has 1 saturated carbocycles. The Bertz CT molecular complexity index is 836. The number of halogens is 6. The van der Waals surface area contributed by atoms with Gasteiger partial charge in [0.1, 0.15) is 5.75 Å². The highest BCUT2D eigenvalue weighted by Crippen LogP contribution is 2.50. The third kappa shape index (κ3) is 4.94. The lowest BCUT2D eigenvalue weighted by Gasteiger charge is -2.34. The molecule has 1 aliphatic carbocycles. The highest BCUT2D eigenvalue weighted by molar-refractivity contribution is 5.99. The van der Waals surface area contributed by atoms with Crippen molar-refractivity contribution in [1.82, 2.24) is 4.90 Å². The van der Waals surface area contributed by atoms with Gasteiger partial charge in [0.15, 0.2) is 5.82 Å². The quantitative estimate of drug-likeness (QED) is 0.616. The molecule has 31 heavy (non-hydrogen) atoms. The Morgan fingerprint density at radius 3 is 2.52 bits per heavy atom. The fourth-order valence-corrected chi connectivity index (χ4v) is 4.77. The second-order valence-corrected chi connectivity index (χ2v) is 8.78. The minimum Gasteiger partial charge on any atom is -0.493 e. The first-order valence-electron chi connectivity index (χ1n) is 10.5. The zero-order chi connectivity index (χ0) is 22.4. The van der Waals surface area contributed by atoms with Crippen LogP contribution in [0.15, 0.2) is 12.1 Å². The number of anilines is 1. The van der Waals surface area contributed by atoms with Crippen LogP contribution in [-0.2, 0) is 11.2 Å². The predicted molar refractivity (Wildman–Crippen MR) is 101 cm³/mol. The fraction of sp³-hybridized carbons (Fsp3) is 0.667. The number of likely N-dealkylation sites (tertiary alicyclic amines) is 1. The van der Waals surface area contributed by atoms with Crippen LogP contribution < -0.4 is 10.1 Å². The van der Waals surface area contributed by atoms with E-state index in [-0.39, 0.29) is 31.1 Å². The van der Waals surface area contributed by atoms with Gasteiger partial charge in [-0.15, -0.1) is 0 Å². The Morgan fingerprint density at radius 1 is 1.13 bits per heavy atom. The summed E-state index contributed by atoms with van der Waals surface area (Å²) in [6.07, 6.45) is -2.39. The molecular weight excluding hydrogens is 426 g/mol. The average molecular weight is 450 g/mol. The van der Waals surface area contributed by atoms with Crippen LogP contribution in [0.2, 0.25) is 0 Å². The van der Waals surface area contributed by atoms with Crippen molar-refractivity contribution in [1.29, 1.82) is 0 Å². The van der Waals surface area contributed by atoms with E-state index >= 15 is 0 Å². The molecule has 1 aromatic carbocycles. The van der Waals surface area contributed by atoms with Crippen molar-refractivity contribution in [2.24, 2.45) is 17.8 Å². The van der Waals surface area contributed by atoms with Gasteiger partial charge in [-0.25, -0.2) is 4.39 Å². The van der Waals surface area contributed by atoms with Crippen LogP contribution in [0.5, 0.6) is 5.75 Å². The number of hydrogen-bond donors (Lipinski definition) is 1. The predicted octanol–water partition coefficient (Wildman–Crippen LogP) is 4.63. The molecule has 2 atom stereocenters. The second-order valence-electron chi connectivity index (χ2n) is 8.78. The van der Waals surface area contributed by atoms with Crippen molar-refractivity contribution in [3.63, 3.8) is 0 Å². The van der Waals surface area contributed by atoms with E-state index in [1.54, 1.807) is 6.07 Å². The van der Waals surface area contributed by atoms with Crippen LogP contribution in [0.1, 0.15) is 31.2 Å². The number of carbonyl (C=O) groups is 1. The van der Waals surface area contributed by atoms with Crippen molar-refractivity contribution < 1.29 is 35.9 Å². The molecular formula is C21H24F6N2O2. The largest absolute Gasteiger partial charge is 0.493 e. The summed E-state index contributed by atoms with van der Waals surface area (Å²) in [7, 11) is 0. The highest BCUT2D eigenvalue weighted by atomic mass is 19.4. The van der Waals surface area contributed by atoms with Crippen molar-refractivity contribution in [3.05, 3.63) is 23.5 Å². The Hall–Kier alpha value is -1.97. The number of rotatable bonds is 7. The van der Waals surface area contributed by atoms with Gasteiger partial charge in [-0.1, -0.05) is 0 Å². The van der Waals surface area contributed by atoms with Gasteiger partial charge in [0.05, 0.1) is 25.3 Å². The molecule has 4 rings (SSSR count). The summed E-state index contributed by atoms with van der Waals surface area (Å²) >= 11 is 0. The summed E-state index contributed by atoms with van der Waals surface area (Å²) in [6, 6.07) is 2.91. The maximum absolute atomic E-state index is 14.0. The van der Waals surface area contributed by atoms with Gasteiger partial charge in [0.2, 0.25) is 5.91 Å². The van der Waals surface area contributed by atoms with Gasteiger partial charge in [-0.2, -0.15) is 22.0 Å². The molecule has 2 aliphatic heterocycles. The standard InChI is InChI=1S/C21H24F6N2O2/c22-17-10-15(7-14-9-18(30)28-19(14)17)31-6-3-13-8-16(13)12-1-4-29(5-2-12)11-20(23,24)21(25,26)27/h7,10,12-13,16H,1-6,8-9,11H2,(H,28,30). The van der Waals surface area contributed by atoms with E-state index in [0.29, 0.717) is 48.5 Å². The molecule has 2 unspecified atom stereocenters. The number of alkyl halides is 5. The number of nitrogens with one attached hydrogen (secondary N) is 1. The molecule has 2 fully saturated rings. The monoisotopic (exact) mass is 450 g/mol. The van der Waals surface area contributed by atoms with Crippen LogP contribution in [0, 0.1) is 23.6 Å². The average Bonchev–Trinajstić information content (AvgIpc) is 3.33. The van der Waals surface area contributed by atoms with Gasteiger partial charge >= 0.3 is 12.1 Å². The van der Waals surface area contributed by atoms with E-state index < -0.39 is 24.5 Å². The summed E-state index contributed by atoms with van der Waals surface area (Å²) in [5.74, 6) is -3.88. The molecule has 4 nitrogen and oxygen atoms in total. The van der Waals surface area contributed by atoms with Gasteiger partial charge in [-0.3, -0.25) is 9.69 Å². The second kappa shape index (κ2) is 8.18. The number of amides is 1. The number of ether oxygens (including phenoxy) is 1. The molecule has 2 heterocycles. The van der Waals surface area contributed by atoms with Crippen LogP contribution in [0.3, 0.4) is 0 Å². The molecule has 0 radical (unpaired) electrons. The van der Waals surface area contributed by atoms with E-state index in [2.05, 4.69) is 5.32 Å². The molecule has 1 N–H and O–H groups in total. The summed E-state index contributed by atoms with van der Waals surface area (Å²) in [5.41, 5.74) is 0.783. The molecule has 172 valence electrons. The summed E-state index contributed by atoms with van der Waals surface area (Å²) < 4.78 is 83.2. The lowest BCUT2D eigenvalue weighted by Crippen LogP contribution is -2.49. The molecule has 0 aromatic heterocycles. The summed E-state index contributed by atoms with van der Waals surface area (Å²) in [5, 5.41) is 2.47. The highest BCUT2D eigenvalue weighted by Gasteiger charge is 2.58. The number of nitrogens with zero attached hydrogens (tertiary/aromatic N) is 1. The Kier molecular flexibility index (Phi) is 5.87. The number of hydrogen-bond acceptors (Lipinski definition) is 3. The van der Waals surface area contributed by atoms with E-state index in [0.717, 1.165) is 12.8 Å². The third-order valence-corrected chi connectivity index (χ3v) is 6.57. The van der Waals surface area contributed by atoms with Crippen LogP contribution in [0.25, 0.3) is 0 Å². The Labute approximate surface area is 175 Å². The van der Waals surface area contributed by atoms with Crippen molar-refractivity contribution >= 4 is 11.6 Å². The SMILES string of the molecule is O=C1Cc2cc(OCCC3CC3C3CCN(CC(F)(F)C(F)(F)F)CC3)cc(F)c2N1. The fourth-order valence-electron chi connectivity index (χ4n) is 4.77. The minimum atomic E-state index is -5.51. The van der Waals surface area contributed by atoms with Crippen molar-refractivity contribution in [2.75, 3.05) is 31.6 Å². The first kappa shape index (κ1) is 22.2. The van der Waals surface area contributed by atoms with E-state index in [1.807, 2.05) is 0 Å². The topological polar surface area (TPSA) is 41.6 Å². The minimum absolute atomic E-state index is 0.127. The van der Waals surface area contributed by atoms with Gasteiger partial charge in [0, 0.05) is 6.07 Å². The molecule has 0 spiro atoms. The summed E-state index contributed by atoms with van der Waals surface area (Å²) in [4.78, 5) is 12.6. The van der Waals surface area contributed by atoms with Crippen molar-refractivity contribution in [3.8, 4) is 5.75 Å². The number of benzene rings is 1. The first-order valence-corrected chi connectivity index (χ1v) is 10.5. The zero-order valence-corrected chi connectivity index (χ0v) is 16.8. The zero-order valence-electron chi connectivity index (χ0n) is 16.8. The van der Waals surface area contributed by atoms with Gasteiger partial charge in [-0.05, 0) is 68.2 Å². The molecule has 3 aliphatic rings. The van der Waals surface area contributed by atoms with Crippen LogP contribution in [-0.4, -0.2) is 49.1 Å². The third-order valence-electron chi connectivity index (χ3n) is 6.57. The molecule has 0 bridgehead atoms. The lowest BCUT2D eigenvalue weighted by atomic mass is 9.90. The van der Waals surface area contributed by atoms with E-state index in [9.17, 15) is 31.1 Å². The molecule has 1 amide bonds. The Morgan fingerprint density at radius 2 is 1.84 bits per heavy atom. The molecule has 1 saturated heterocycles.